The summed E-state index contributed by atoms with van der Waals surface area (Å²) in [6, 6.07) is 8.00. The zero-order valence-electron chi connectivity index (χ0n) is 11.6. The number of thioether (sulfide) groups is 1. The van der Waals surface area contributed by atoms with Gasteiger partial charge in [-0.25, -0.2) is 0 Å². The number of nitrogens with zero attached hydrogens (tertiary/aromatic N) is 1. The third-order valence-corrected chi connectivity index (χ3v) is 4.73. The molecule has 0 bridgehead atoms. The molecule has 1 saturated heterocycles. The first kappa shape index (κ1) is 15.1. The fraction of sp³-hybridized carbons (Fsp3) is 0.429. The van der Waals surface area contributed by atoms with Crippen LogP contribution in [0.15, 0.2) is 24.3 Å². The Labute approximate surface area is 128 Å². The maximum absolute atomic E-state index is 11.6. The minimum atomic E-state index is -0.182. The van der Waals surface area contributed by atoms with E-state index in [4.69, 9.17) is 17.0 Å². The Morgan fingerprint density at radius 3 is 2.95 bits per heavy atom. The molecule has 1 atom stereocenters. The van der Waals surface area contributed by atoms with Crippen LogP contribution in [0.2, 0.25) is 0 Å². The summed E-state index contributed by atoms with van der Waals surface area (Å²) >= 11 is 7.07. The number of anilines is 1. The van der Waals surface area contributed by atoms with Gasteiger partial charge in [0.1, 0.15) is 5.25 Å². The molecule has 1 aliphatic heterocycles. The number of hydrogen-bond acceptors (Lipinski definition) is 4. The molecule has 20 heavy (non-hydrogen) atoms. The minimum absolute atomic E-state index is 0.162. The molecule has 1 heterocycles. The molecule has 1 N–H and O–H groups in total. The quantitative estimate of drug-likeness (QED) is 0.668. The van der Waals surface area contributed by atoms with Crippen LogP contribution in [-0.2, 0) is 9.53 Å². The second kappa shape index (κ2) is 6.95. The number of para-hydroxylation sites is 1. The molecule has 0 aliphatic carbocycles. The lowest BCUT2D eigenvalue weighted by atomic mass is 10.2. The van der Waals surface area contributed by atoms with Gasteiger partial charge in [0.15, 0.2) is 5.11 Å². The molecule has 6 heteroatoms. The molecule has 1 aliphatic rings. The second-order valence-corrected chi connectivity index (χ2v) is 6.27. The number of carbonyl (C=O) groups is 1. The summed E-state index contributed by atoms with van der Waals surface area (Å²) in [5, 5.41) is 3.75. The van der Waals surface area contributed by atoms with Gasteiger partial charge in [-0.15, -0.1) is 11.8 Å². The Kier molecular flexibility index (Phi) is 5.25. The standard InChI is InChI=1S/C14H18N2O2S2/c1-10-5-3-4-6-11(10)15-14(19)16-7-8-20-12(9-16)13(17)18-2/h3-6,12H,7-9H2,1-2H3,(H,15,19)/t12-/m0/s1. The van der Waals surface area contributed by atoms with Crippen molar-refractivity contribution in [2.24, 2.45) is 0 Å². The summed E-state index contributed by atoms with van der Waals surface area (Å²) in [6.07, 6.45) is 0. The molecule has 4 nitrogen and oxygen atoms in total. The van der Waals surface area contributed by atoms with Crippen LogP contribution in [-0.4, -0.2) is 47.2 Å². The van der Waals surface area contributed by atoms with Crippen LogP contribution in [0.25, 0.3) is 0 Å². The SMILES string of the molecule is COC(=O)[C@@H]1CN(C(=S)Nc2ccccc2C)CCS1. The zero-order valence-corrected chi connectivity index (χ0v) is 13.2. The molecule has 0 unspecified atom stereocenters. The van der Waals surface area contributed by atoms with Crippen molar-refractivity contribution in [1.29, 1.82) is 0 Å². The molecule has 1 aromatic carbocycles. The summed E-state index contributed by atoms with van der Waals surface area (Å²) in [4.78, 5) is 13.6. The summed E-state index contributed by atoms with van der Waals surface area (Å²) in [7, 11) is 1.42. The second-order valence-electron chi connectivity index (χ2n) is 4.57. The van der Waals surface area contributed by atoms with Gasteiger partial charge in [0.2, 0.25) is 0 Å². The Bertz CT molecular complexity index is 508. The minimum Gasteiger partial charge on any atom is -0.468 e. The van der Waals surface area contributed by atoms with Crippen molar-refractivity contribution in [2.75, 3.05) is 31.3 Å². The number of carbonyl (C=O) groups excluding carboxylic acids is 1. The number of nitrogens with one attached hydrogen (secondary N) is 1. The van der Waals surface area contributed by atoms with Gasteiger partial charge in [0.05, 0.1) is 7.11 Å². The van der Waals surface area contributed by atoms with Crippen molar-refractivity contribution in [3.63, 3.8) is 0 Å². The molecule has 1 aromatic rings. The number of hydrogen-bond donors (Lipinski definition) is 1. The van der Waals surface area contributed by atoms with Gasteiger partial charge in [0, 0.05) is 24.5 Å². The normalized spacial score (nSPS) is 18.5. The highest BCUT2D eigenvalue weighted by Gasteiger charge is 2.28. The number of benzene rings is 1. The van der Waals surface area contributed by atoms with Crippen molar-refractivity contribution < 1.29 is 9.53 Å². The third-order valence-electron chi connectivity index (χ3n) is 3.20. The van der Waals surface area contributed by atoms with Crippen molar-refractivity contribution >= 4 is 40.7 Å². The van der Waals surface area contributed by atoms with E-state index in [2.05, 4.69) is 5.32 Å². The predicted octanol–water partition coefficient (Wildman–Crippen LogP) is 2.28. The van der Waals surface area contributed by atoms with E-state index >= 15 is 0 Å². The molecule has 0 amide bonds. The van der Waals surface area contributed by atoms with Crippen LogP contribution in [0.4, 0.5) is 5.69 Å². The first-order valence-electron chi connectivity index (χ1n) is 6.43. The Hall–Kier alpha value is -1.27. The summed E-state index contributed by atoms with van der Waals surface area (Å²) < 4.78 is 4.81. The van der Waals surface area contributed by atoms with Crippen LogP contribution in [0.5, 0.6) is 0 Å². The first-order valence-corrected chi connectivity index (χ1v) is 7.88. The van der Waals surface area contributed by atoms with E-state index in [-0.39, 0.29) is 11.2 Å². The fourth-order valence-corrected chi connectivity index (χ4v) is 3.42. The van der Waals surface area contributed by atoms with Crippen LogP contribution in [0, 0.1) is 6.92 Å². The average Bonchev–Trinajstić information content (AvgIpc) is 2.49. The summed E-state index contributed by atoms with van der Waals surface area (Å²) in [5.41, 5.74) is 2.15. The van der Waals surface area contributed by atoms with Crippen molar-refractivity contribution in [3.8, 4) is 0 Å². The smallest absolute Gasteiger partial charge is 0.320 e. The van der Waals surface area contributed by atoms with Gasteiger partial charge in [-0.05, 0) is 30.8 Å². The highest BCUT2D eigenvalue weighted by atomic mass is 32.2. The molecular formula is C14H18N2O2S2. The van der Waals surface area contributed by atoms with Crippen molar-refractivity contribution in [3.05, 3.63) is 29.8 Å². The highest BCUT2D eigenvalue weighted by Crippen LogP contribution is 2.21. The van der Waals surface area contributed by atoms with Crippen LogP contribution >= 0.6 is 24.0 Å². The van der Waals surface area contributed by atoms with Gasteiger partial charge >= 0.3 is 5.97 Å². The lowest BCUT2D eigenvalue weighted by molar-refractivity contribution is -0.140. The van der Waals surface area contributed by atoms with E-state index in [0.717, 1.165) is 23.5 Å². The monoisotopic (exact) mass is 310 g/mol. The summed E-state index contributed by atoms with van der Waals surface area (Å²) in [6.45, 7) is 3.47. The molecule has 0 spiro atoms. The van der Waals surface area contributed by atoms with E-state index < -0.39 is 0 Å². The topological polar surface area (TPSA) is 41.6 Å². The van der Waals surface area contributed by atoms with Gasteiger partial charge in [-0.2, -0.15) is 0 Å². The van der Waals surface area contributed by atoms with Gasteiger partial charge in [0.25, 0.3) is 0 Å². The molecule has 1 fully saturated rings. The van der Waals surface area contributed by atoms with Crippen molar-refractivity contribution in [2.45, 2.75) is 12.2 Å². The highest BCUT2D eigenvalue weighted by molar-refractivity contribution is 8.00. The average molecular weight is 310 g/mol. The maximum Gasteiger partial charge on any atom is 0.320 e. The fourth-order valence-electron chi connectivity index (χ4n) is 2.02. The van der Waals surface area contributed by atoms with Crippen molar-refractivity contribution in [1.82, 2.24) is 4.90 Å². The molecule has 0 saturated carbocycles. The van der Waals surface area contributed by atoms with Gasteiger partial charge < -0.3 is 15.0 Å². The molecule has 2 rings (SSSR count). The largest absolute Gasteiger partial charge is 0.468 e. The zero-order chi connectivity index (χ0) is 14.5. The van der Waals surface area contributed by atoms with E-state index in [1.54, 1.807) is 11.8 Å². The Balaban J connectivity index is 1.99. The lowest BCUT2D eigenvalue weighted by Crippen LogP contribution is -2.46. The van der Waals surface area contributed by atoms with E-state index in [1.165, 1.54) is 7.11 Å². The molecule has 0 aromatic heterocycles. The van der Waals surface area contributed by atoms with E-state index in [1.807, 2.05) is 36.1 Å². The Morgan fingerprint density at radius 1 is 1.50 bits per heavy atom. The Morgan fingerprint density at radius 2 is 2.25 bits per heavy atom. The number of thiocarbonyl (C=S) groups is 1. The van der Waals surface area contributed by atoms with Crippen LogP contribution in [0.3, 0.4) is 0 Å². The third kappa shape index (κ3) is 3.64. The van der Waals surface area contributed by atoms with E-state index in [9.17, 15) is 4.79 Å². The first-order chi connectivity index (χ1) is 9.61. The molecule has 108 valence electrons. The maximum atomic E-state index is 11.6. The van der Waals surface area contributed by atoms with Crippen LogP contribution < -0.4 is 5.32 Å². The van der Waals surface area contributed by atoms with Gasteiger partial charge in [-0.3, -0.25) is 4.79 Å². The van der Waals surface area contributed by atoms with Gasteiger partial charge in [-0.1, -0.05) is 18.2 Å². The lowest BCUT2D eigenvalue weighted by Gasteiger charge is -2.33. The van der Waals surface area contributed by atoms with Crippen LogP contribution in [0.1, 0.15) is 5.56 Å². The van der Waals surface area contributed by atoms with E-state index in [0.29, 0.717) is 11.7 Å². The molecule has 0 radical (unpaired) electrons. The number of esters is 1. The summed E-state index contributed by atoms with van der Waals surface area (Å²) in [5.74, 6) is 0.688. The number of rotatable bonds is 2. The number of methoxy groups -OCH3 is 1. The number of ether oxygens (including phenoxy) is 1. The molecular weight excluding hydrogens is 292 g/mol. The predicted molar refractivity (Wildman–Crippen MR) is 87.2 cm³/mol. The number of aryl methyl sites for hydroxylation is 1.